The topological polar surface area (TPSA) is 42.2 Å². The van der Waals surface area contributed by atoms with Crippen LogP contribution in [0.3, 0.4) is 0 Å². The Morgan fingerprint density at radius 1 is 1.12 bits per heavy atom. The van der Waals surface area contributed by atoms with Gasteiger partial charge in [0.25, 0.3) is 0 Å². The fraction of sp³-hybridized carbons (Fsp3) is 0.462. The van der Waals surface area contributed by atoms with E-state index in [0.29, 0.717) is 24.5 Å². The molecule has 0 aromatic heterocycles. The molecule has 0 amide bonds. The molecule has 86 valence electrons. The van der Waals surface area contributed by atoms with Gasteiger partial charge in [0.2, 0.25) is 0 Å². The van der Waals surface area contributed by atoms with Crippen LogP contribution in [0.1, 0.15) is 32.3 Å². The van der Waals surface area contributed by atoms with Gasteiger partial charge >= 0.3 is 0 Å². The number of hydrogen-bond donors (Lipinski definition) is 0. The Morgan fingerprint density at radius 3 is 2.44 bits per heavy atom. The van der Waals surface area contributed by atoms with E-state index in [4.69, 9.17) is 14.7 Å². The predicted molar refractivity (Wildman–Crippen MR) is 62.7 cm³/mol. The lowest BCUT2D eigenvalue weighted by Gasteiger charge is -2.09. The first-order valence-electron chi connectivity index (χ1n) is 5.61. The van der Waals surface area contributed by atoms with Crippen LogP contribution in [-0.2, 0) is 0 Å². The highest BCUT2D eigenvalue weighted by Gasteiger charge is 2.04. The zero-order chi connectivity index (χ0) is 11.8. The van der Waals surface area contributed by atoms with E-state index in [-0.39, 0.29) is 0 Å². The number of benzene rings is 1. The van der Waals surface area contributed by atoms with E-state index in [1.54, 1.807) is 12.1 Å². The van der Waals surface area contributed by atoms with Crippen LogP contribution in [0.4, 0.5) is 0 Å². The molecule has 0 radical (unpaired) electrons. The van der Waals surface area contributed by atoms with Gasteiger partial charge in [0, 0.05) is 6.07 Å². The molecule has 1 rings (SSSR count). The van der Waals surface area contributed by atoms with Gasteiger partial charge in [-0.3, -0.25) is 0 Å². The zero-order valence-corrected chi connectivity index (χ0v) is 9.82. The van der Waals surface area contributed by atoms with E-state index < -0.39 is 0 Å². The fourth-order valence-electron chi connectivity index (χ4n) is 1.24. The number of hydrogen-bond acceptors (Lipinski definition) is 3. The molecular weight excluding hydrogens is 202 g/mol. The second-order valence-electron chi connectivity index (χ2n) is 3.47. The van der Waals surface area contributed by atoms with Gasteiger partial charge in [0.15, 0.2) is 0 Å². The van der Waals surface area contributed by atoms with E-state index >= 15 is 0 Å². The van der Waals surface area contributed by atoms with Crippen LogP contribution in [-0.4, -0.2) is 13.2 Å². The van der Waals surface area contributed by atoms with Crippen molar-refractivity contribution in [3.05, 3.63) is 23.8 Å². The van der Waals surface area contributed by atoms with E-state index in [9.17, 15) is 0 Å². The normalized spacial score (nSPS) is 9.56. The molecular formula is C13H17NO2. The predicted octanol–water partition coefficient (Wildman–Crippen LogP) is 3.14. The van der Waals surface area contributed by atoms with Gasteiger partial charge in [-0.1, -0.05) is 13.8 Å². The fourth-order valence-corrected chi connectivity index (χ4v) is 1.24. The molecule has 0 saturated heterocycles. The Bertz CT molecular complexity index is 369. The molecule has 0 aliphatic rings. The van der Waals surface area contributed by atoms with Crippen molar-refractivity contribution in [2.24, 2.45) is 0 Å². The van der Waals surface area contributed by atoms with Crippen LogP contribution in [0.25, 0.3) is 0 Å². The van der Waals surface area contributed by atoms with E-state index in [2.05, 4.69) is 6.07 Å². The highest BCUT2D eigenvalue weighted by atomic mass is 16.5. The average molecular weight is 219 g/mol. The van der Waals surface area contributed by atoms with Crippen molar-refractivity contribution >= 4 is 0 Å². The molecule has 0 fully saturated rings. The Hall–Kier alpha value is -1.69. The summed E-state index contributed by atoms with van der Waals surface area (Å²) in [4.78, 5) is 0. The lowest BCUT2D eigenvalue weighted by Crippen LogP contribution is -1.99. The molecule has 0 unspecified atom stereocenters. The molecule has 3 heteroatoms. The van der Waals surface area contributed by atoms with Gasteiger partial charge in [-0.2, -0.15) is 5.26 Å². The maximum atomic E-state index is 8.98. The Labute approximate surface area is 96.6 Å². The minimum absolute atomic E-state index is 0.530. The van der Waals surface area contributed by atoms with Crippen molar-refractivity contribution in [2.45, 2.75) is 26.7 Å². The van der Waals surface area contributed by atoms with Crippen LogP contribution in [0.2, 0.25) is 0 Å². The molecule has 0 spiro atoms. The quantitative estimate of drug-likeness (QED) is 0.738. The molecule has 0 N–H and O–H groups in total. The second-order valence-corrected chi connectivity index (χ2v) is 3.47. The Morgan fingerprint density at radius 2 is 1.81 bits per heavy atom. The molecule has 1 aromatic carbocycles. The lowest BCUT2D eigenvalue weighted by molar-refractivity contribution is 0.308. The molecule has 3 nitrogen and oxygen atoms in total. The molecule has 0 heterocycles. The average Bonchev–Trinajstić information content (AvgIpc) is 2.34. The SMILES string of the molecule is CCCOc1ccc(OCCC)c(C#N)c1. The molecule has 0 aliphatic carbocycles. The summed E-state index contributed by atoms with van der Waals surface area (Å²) in [5, 5.41) is 8.98. The van der Waals surface area contributed by atoms with Gasteiger partial charge in [0.1, 0.15) is 17.6 Å². The van der Waals surface area contributed by atoms with Gasteiger partial charge in [-0.25, -0.2) is 0 Å². The summed E-state index contributed by atoms with van der Waals surface area (Å²) < 4.78 is 10.9. The van der Waals surface area contributed by atoms with Crippen LogP contribution in [0.5, 0.6) is 11.5 Å². The molecule has 16 heavy (non-hydrogen) atoms. The first kappa shape index (κ1) is 12.4. The summed E-state index contributed by atoms with van der Waals surface area (Å²) in [5.41, 5.74) is 0.530. The largest absolute Gasteiger partial charge is 0.494 e. The molecule has 0 atom stereocenters. The van der Waals surface area contributed by atoms with Crippen LogP contribution < -0.4 is 9.47 Å². The smallest absolute Gasteiger partial charge is 0.137 e. The van der Waals surface area contributed by atoms with Gasteiger partial charge < -0.3 is 9.47 Å². The third-order valence-electron chi connectivity index (χ3n) is 2.01. The maximum absolute atomic E-state index is 8.98. The highest BCUT2D eigenvalue weighted by Crippen LogP contribution is 2.23. The van der Waals surface area contributed by atoms with Crippen LogP contribution in [0, 0.1) is 11.3 Å². The molecule has 0 bridgehead atoms. The lowest BCUT2D eigenvalue weighted by atomic mass is 10.2. The molecule has 0 saturated carbocycles. The number of nitriles is 1. The first-order valence-corrected chi connectivity index (χ1v) is 5.61. The minimum Gasteiger partial charge on any atom is -0.494 e. The highest BCUT2D eigenvalue weighted by molar-refractivity contribution is 5.47. The van der Waals surface area contributed by atoms with Crippen molar-refractivity contribution in [1.29, 1.82) is 5.26 Å². The van der Waals surface area contributed by atoms with Crippen molar-refractivity contribution in [1.82, 2.24) is 0 Å². The van der Waals surface area contributed by atoms with Crippen molar-refractivity contribution < 1.29 is 9.47 Å². The number of ether oxygens (including phenoxy) is 2. The van der Waals surface area contributed by atoms with Crippen molar-refractivity contribution in [3.63, 3.8) is 0 Å². The Kier molecular flexibility index (Phi) is 5.21. The summed E-state index contributed by atoms with van der Waals surface area (Å²) >= 11 is 0. The molecule has 0 aliphatic heterocycles. The van der Waals surface area contributed by atoms with E-state index in [0.717, 1.165) is 18.6 Å². The number of rotatable bonds is 6. The van der Waals surface area contributed by atoms with Crippen molar-refractivity contribution in [2.75, 3.05) is 13.2 Å². The van der Waals surface area contributed by atoms with Crippen molar-refractivity contribution in [3.8, 4) is 17.6 Å². The third-order valence-corrected chi connectivity index (χ3v) is 2.01. The zero-order valence-electron chi connectivity index (χ0n) is 9.82. The van der Waals surface area contributed by atoms with E-state index in [1.165, 1.54) is 0 Å². The monoisotopic (exact) mass is 219 g/mol. The maximum Gasteiger partial charge on any atom is 0.137 e. The number of nitrogens with zero attached hydrogens (tertiary/aromatic N) is 1. The van der Waals surface area contributed by atoms with Crippen LogP contribution in [0.15, 0.2) is 18.2 Å². The van der Waals surface area contributed by atoms with Gasteiger partial charge in [0.05, 0.1) is 18.8 Å². The summed E-state index contributed by atoms with van der Waals surface area (Å²) in [6, 6.07) is 7.46. The third kappa shape index (κ3) is 3.47. The summed E-state index contributed by atoms with van der Waals surface area (Å²) in [6.45, 7) is 5.37. The van der Waals surface area contributed by atoms with Gasteiger partial charge in [-0.15, -0.1) is 0 Å². The van der Waals surface area contributed by atoms with Crippen LogP contribution >= 0.6 is 0 Å². The summed E-state index contributed by atoms with van der Waals surface area (Å²) in [7, 11) is 0. The Balaban J connectivity index is 2.77. The standard InChI is InChI=1S/C13H17NO2/c1-3-7-15-12-5-6-13(16-8-4-2)11(9-12)10-14/h5-6,9H,3-4,7-8H2,1-2H3. The first-order chi connectivity index (χ1) is 7.81. The van der Waals surface area contributed by atoms with E-state index in [1.807, 2.05) is 19.9 Å². The summed E-state index contributed by atoms with van der Waals surface area (Å²) in [6.07, 6.45) is 1.88. The molecule has 1 aromatic rings. The summed E-state index contributed by atoms with van der Waals surface area (Å²) in [5.74, 6) is 1.36. The minimum atomic E-state index is 0.530. The second kappa shape index (κ2) is 6.73. The van der Waals surface area contributed by atoms with Gasteiger partial charge in [-0.05, 0) is 25.0 Å².